The molecule has 1 fully saturated rings. The smallest absolute Gasteiger partial charge is 0.335 e. The van der Waals surface area contributed by atoms with Crippen LogP contribution in [0.3, 0.4) is 0 Å². The van der Waals surface area contributed by atoms with Crippen LogP contribution in [0.4, 0.5) is 15.9 Å². The lowest BCUT2D eigenvalue weighted by Gasteiger charge is -2.12. The van der Waals surface area contributed by atoms with Gasteiger partial charge in [-0.3, -0.25) is 0 Å². The summed E-state index contributed by atoms with van der Waals surface area (Å²) in [6, 6.07) is 10.9. The number of hydrogen-bond donors (Lipinski definition) is 2. The number of fused-ring (bicyclic) bond motifs is 3. The zero-order valence-electron chi connectivity index (χ0n) is 15.4. The van der Waals surface area contributed by atoms with Crippen molar-refractivity contribution < 1.29 is 14.3 Å². The Morgan fingerprint density at radius 1 is 1.14 bits per heavy atom. The molecule has 0 spiro atoms. The quantitative estimate of drug-likeness (QED) is 0.481. The first-order chi connectivity index (χ1) is 14.1. The van der Waals surface area contributed by atoms with Crippen LogP contribution in [0.2, 0.25) is 0 Å². The summed E-state index contributed by atoms with van der Waals surface area (Å²) in [5, 5.41) is 14.0. The van der Waals surface area contributed by atoms with E-state index in [1.165, 1.54) is 31.0 Å². The van der Waals surface area contributed by atoms with E-state index in [0.717, 1.165) is 23.0 Å². The number of benzene rings is 2. The zero-order valence-corrected chi connectivity index (χ0v) is 15.4. The van der Waals surface area contributed by atoms with Gasteiger partial charge in [0, 0.05) is 29.1 Å². The monoisotopic (exact) mass is 388 g/mol. The summed E-state index contributed by atoms with van der Waals surface area (Å²) in [4.78, 5) is 25.2. The SMILES string of the molecule is O=C(O)c1ccc2c(c1)nc(Nc1cccc(F)c1)c1nc(CC3CC3)ncc12. The Labute approximate surface area is 165 Å². The molecule has 0 atom stereocenters. The average Bonchev–Trinajstić information content (AvgIpc) is 3.51. The Morgan fingerprint density at radius 2 is 2.00 bits per heavy atom. The van der Waals surface area contributed by atoms with Crippen molar-refractivity contribution in [1.82, 2.24) is 15.0 Å². The van der Waals surface area contributed by atoms with Crippen LogP contribution in [0.1, 0.15) is 29.0 Å². The Hall–Kier alpha value is -3.61. The minimum Gasteiger partial charge on any atom is -0.478 e. The van der Waals surface area contributed by atoms with Crippen molar-refractivity contribution in [2.24, 2.45) is 5.92 Å². The predicted octanol–water partition coefficient (Wildman–Crippen LogP) is 4.71. The third-order valence-electron chi connectivity index (χ3n) is 5.09. The number of carbonyl (C=O) groups is 1. The second-order valence-corrected chi connectivity index (χ2v) is 7.33. The minimum atomic E-state index is -1.02. The molecule has 2 aromatic heterocycles. The van der Waals surface area contributed by atoms with Gasteiger partial charge in [-0.05, 0) is 49.1 Å². The van der Waals surface area contributed by atoms with Gasteiger partial charge in [-0.1, -0.05) is 12.1 Å². The fourth-order valence-corrected chi connectivity index (χ4v) is 3.42. The summed E-state index contributed by atoms with van der Waals surface area (Å²) in [6.45, 7) is 0. The van der Waals surface area contributed by atoms with Crippen LogP contribution in [-0.4, -0.2) is 26.0 Å². The largest absolute Gasteiger partial charge is 0.478 e. The van der Waals surface area contributed by atoms with Gasteiger partial charge in [-0.25, -0.2) is 24.1 Å². The number of halogens is 1. The molecule has 1 aliphatic carbocycles. The highest BCUT2D eigenvalue weighted by Crippen LogP contribution is 2.34. The molecule has 2 N–H and O–H groups in total. The molecule has 1 saturated carbocycles. The maximum atomic E-state index is 13.6. The number of anilines is 2. The second-order valence-electron chi connectivity index (χ2n) is 7.33. The van der Waals surface area contributed by atoms with E-state index in [-0.39, 0.29) is 11.4 Å². The van der Waals surface area contributed by atoms with Gasteiger partial charge in [0.2, 0.25) is 0 Å². The number of pyridine rings is 1. The van der Waals surface area contributed by atoms with Gasteiger partial charge in [0.15, 0.2) is 5.82 Å². The number of nitrogens with zero attached hydrogens (tertiary/aromatic N) is 3. The molecule has 0 unspecified atom stereocenters. The molecule has 0 bridgehead atoms. The molecule has 5 rings (SSSR count). The molecule has 2 heterocycles. The van der Waals surface area contributed by atoms with Crippen molar-refractivity contribution in [3.8, 4) is 0 Å². The predicted molar refractivity (Wildman–Crippen MR) is 108 cm³/mol. The Balaban J connectivity index is 1.71. The lowest BCUT2D eigenvalue weighted by Crippen LogP contribution is -2.03. The van der Waals surface area contributed by atoms with E-state index in [2.05, 4.69) is 15.3 Å². The van der Waals surface area contributed by atoms with Crippen LogP contribution in [0, 0.1) is 11.7 Å². The van der Waals surface area contributed by atoms with Crippen LogP contribution in [0.5, 0.6) is 0 Å². The summed E-state index contributed by atoms with van der Waals surface area (Å²) in [7, 11) is 0. The molecule has 0 amide bonds. The molecule has 0 aliphatic heterocycles. The van der Waals surface area contributed by atoms with E-state index in [9.17, 15) is 14.3 Å². The molecule has 1 aliphatic rings. The van der Waals surface area contributed by atoms with Crippen molar-refractivity contribution in [3.05, 3.63) is 65.9 Å². The fourth-order valence-electron chi connectivity index (χ4n) is 3.42. The highest BCUT2D eigenvalue weighted by Gasteiger charge is 2.23. The lowest BCUT2D eigenvalue weighted by molar-refractivity contribution is 0.0697. The molecule has 0 radical (unpaired) electrons. The molecule has 144 valence electrons. The number of aromatic nitrogens is 3. The van der Waals surface area contributed by atoms with Gasteiger partial charge in [0.1, 0.15) is 17.2 Å². The van der Waals surface area contributed by atoms with E-state index >= 15 is 0 Å². The van der Waals surface area contributed by atoms with E-state index in [1.54, 1.807) is 30.5 Å². The highest BCUT2D eigenvalue weighted by atomic mass is 19.1. The van der Waals surface area contributed by atoms with Gasteiger partial charge >= 0.3 is 5.97 Å². The number of aromatic carboxylic acids is 1. The number of nitrogens with one attached hydrogen (secondary N) is 1. The van der Waals surface area contributed by atoms with Crippen LogP contribution < -0.4 is 5.32 Å². The number of rotatable bonds is 5. The Kier molecular flexibility index (Phi) is 4.08. The zero-order chi connectivity index (χ0) is 20.0. The third kappa shape index (κ3) is 3.47. The minimum absolute atomic E-state index is 0.146. The first-order valence-corrected chi connectivity index (χ1v) is 9.42. The second kappa shape index (κ2) is 6.77. The van der Waals surface area contributed by atoms with E-state index < -0.39 is 5.97 Å². The molecule has 7 heteroatoms. The van der Waals surface area contributed by atoms with Crippen molar-refractivity contribution in [2.75, 3.05) is 5.32 Å². The van der Waals surface area contributed by atoms with E-state index in [4.69, 9.17) is 4.98 Å². The molecule has 6 nitrogen and oxygen atoms in total. The summed E-state index contributed by atoms with van der Waals surface area (Å²) >= 11 is 0. The third-order valence-corrected chi connectivity index (χ3v) is 5.09. The summed E-state index contributed by atoms with van der Waals surface area (Å²) < 4.78 is 13.6. The van der Waals surface area contributed by atoms with Crippen LogP contribution >= 0.6 is 0 Å². The molecule has 2 aromatic carbocycles. The summed E-state index contributed by atoms with van der Waals surface area (Å²) in [5.74, 6) is 0.450. The topological polar surface area (TPSA) is 88.0 Å². The van der Waals surface area contributed by atoms with Crippen LogP contribution in [0.15, 0.2) is 48.7 Å². The van der Waals surface area contributed by atoms with E-state index in [1.807, 2.05) is 0 Å². The standard InChI is InChI=1S/C22H17FN4O2/c23-14-2-1-3-15(10-14)25-21-20-17(11-24-19(27-20)8-12-4-5-12)16-7-6-13(22(28)29)9-18(16)26-21/h1-3,6-7,9-12H,4-5,8H2,(H,25,26)(H,28,29). The number of carboxylic acids is 1. The summed E-state index contributed by atoms with van der Waals surface area (Å²) in [5.41, 5.74) is 1.83. The average molecular weight is 388 g/mol. The first kappa shape index (κ1) is 17.5. The molecular formula is C22H17FN4O2. The maximum absolute atomic E-state index is 13.6. The lowest BCUT2D eigenvalue weighted by atomic mass is 10.1. The van der Waals surface area contributed by atoms with Crippen molar-refractivity contribution in [2.45, 2.75) is 19.3 Å². The van der Waals surface area contributed by atoms with Crippen molar-refractivity contribution >= 4 is 39.3 Å². The van der Waals surface area contributed by atoms with Gasteiger partial charge in [0.05, 0.1) is 11.1 Å². The van der Waals surface area contributed by atoms with Gasteiger partial charge < -0.3 is 10.4 Å². The maximum Gasteiger partial charge on any atom is 0.335 e. The number of hydrogen-bond acceptors (Lipinski definition) is 5. The van der Waals surface area contributed by atoms with Crippen LogP contribution in [-0.2, 0) is 6.42 Å². The van der Waals surface area contributed by atoms with Gasteiger partial charge in [0.25, 0.3) is 0 Å². The Bertz CT molecular complexity index is 1270. The summed E-state index contributed by atoms with van der Waals surface area (Å²) in [6.07, 6.45) is 4.99. The highest BCUT2D eigenvalue weighted by molar-refractivity contribution is 6.09. The van der Waals surface area contributed by atoms with Crippen molar-refractivity contribution in [3.63, 3.8) is 0 Å². The molecule has 29 heavy (non-hydrogen) atoms. The van der Waals surface area contributed by atoms with Crippen molar-refractivity contribution in [1.29, 1.82) is 0 Å². The first-order valence-electron chi connectivity index (χ1n) is 9.42. The number of carboxylic acid groups (broad SMARTS) is 1. The van der Waals surface area contributed by atoms with Crippen LogP contribution in [0.25, 0.3) is 21.8 Å². The molecule has 0 saturated heterocycles. The van der Waals surface area contributed by atoms with Gasteiger partial charge in [-0.2, -0.15) is 0 Å². The van der Waals surface area contributed by atoms with E-state index in [0.29, 0.717) is 28.5 Å². The molecule has 4 aromatic rings. The normalized spacial score (nSPS) is 13.7. The fraction of sp³-hybridized carbons (Fsp3) is 0.182. The molecular weight excluding hydrogens is 371 g/mol. The van der Waals surface area contributed by atoms with Gasteiger partial charge in [-0.15, -0.1) is 0 Å². The Morgan fingerprint density at radius 3 is 2.76 bits per heavy atom.